The molecule has 0 spiro atoms. The maximum absolute atomic E-state index is 13.0. The van der Waals surface area contributed by atoms with Gasteiger partial charge in [0.25, 0.3) is 0 Å². The predicted molar refractivity (Wildman–Crippen MR) is 111 cm³/mol. The molecule has 3 saturated heterocycles. The minimum Gasteiger partial charge on any atom is -0.497 e. The summed E-state index contributed by atoms with van der Waals surface area (Å²) in [5.41, 5.74) is 0.969. The average Bonchev–Trinajstić information content (AvgIpc) is 2.78. The molecule has 0 aliphatic carbocycles. The van der Waals surface area contributed by atoms with Gasteiger partial charge in [-0.05, 0) is 56.5 Å². The molecule has 3 aliphatic heterocycles. The van der Waals surface area contributed by atoms with E-state index in [9.17, 15) is 14.4 Å². The molecule has 0 unspecified atom stereocenters. The highest BCUT2D eigenvalue weighted by atomic mass is 16.5. The highest BCUT2D eigenvalue weighted by molar-refractivity contribution is 5.97. The second-order valence-corrected chi connectivity index (χ2v) is 8.41. The van der Waals surface area contributed by atoms with E-state index in [2.05, 4.69) is 16.0 Å². The van der Waals surface area contributed by atoms with Crippen LogP contribution < -0.4 is 20.7 Å². The molecule has 1 aromatic rings. The number of carbonyl (C=O) groups excluding carboxylic acids is 3. The van der Waals surface area contributed by atoms with Gasteiger partial charge in [-0.25, -0.2) is 0 Å². The zero-order valence-electron chi connectivity index (χ0n) is 17.4. The van der Waals surface area contributed by atoms with Crippen molar-refractivity contribution in [3.8, 4) is 5.75 Å². The van der Waals surface area contributed by atoms with Gasteiger partial charge in [0.2, 0.25) is 17.7 Å². The summed E-state index contributed by atoms with van der Waals surface area (Å²) in [5, 5.41) is 9.28. The number of carbonyl (C=O) groups is 3. The van der Waals surface area contributed by atoms with Crippen LogP contribution in [0.15, 0.2) is 24.3 Å². The number of piperidine rings is 2. The molecule has 162 valence electrons. The lowest BCUT2D eigenvalue weighted by molar-refractivity contribution is -0.152. The molecule has 8 heteroatoms. The van der Waals surface area contributed by atoms with E-state index in [1.165, 1.54) is 0 Å². The minimum atomic E-state index is -0.553. The molecular weight excluding hydrogens is 384 g/mol. The molecular formula is C22H30N4O4. The number of rotatable bonds is 5. The number of piperazine rings is 1. The van der Waals surface area contributed by atoms with Gasteiger partial charge in [0.1, 0.15) is 17.8 Å². The molecule has 0 saturated carbocycles. The van der Waals surface area contributed by atoms with Gasteiger partial charge >= 0.3 is 0 Å². The van der Waals surface area contributed by atoms with E-state index >= 15 is 0 Å². The van der Waals surface area contributed by atoms with Crippen molar-refractivity contribution >= 4 is 17.7 Å². The van der Waals surface area contributed by atoms with Crippen molar-refractivity contribution in [1.29, 1.82) is 0 Å². The Bertz CT molecular complexity index is 791. The number of methoxy groups -OCH3 is 1. The zero-order chi connectivity index (χ0) is 21.1. The number of hydrogen-bond acceptors (Lipinski definition) is 5. The van der Waals surface area contributed by atoms with Crippen molar-refractivity contribution in [3.05, 3.63) is 29.8 Å². The van der Waals surface area contributed by atoms with Gasteiger partial charge in [0, 0.05) is 24.9 Å². The Hall–Kier alpha value is -2.61. The van der Waals surface area contributed by atoms with Crippen LogP contribution in [0.1, 0.15) is 31.2 Å². The molecule has 3 amide bonds. The summed E-state index contributed by atoms with van der Waals surface area (Å²) in [6.07, 6.45) is 3.30. The summed E-state index contributed by atoms with van der Waals surface area (Å²) >= 11 is 0. The van der Waals surface area contributed by atoms with Crippen LogP contribution >= 0.6 is 0 Å². The Morgan fingerprint density at radius 3 is 2.60 bits per heavy atom. The van der Waals surface area contributed by atoms with Crippen LogP contribution in [-0.2, 0) is 20.8 Å². The topological polar surface area (TPSA) is 99.8 Å². The summed E-state index contributed by atoms with van der Waals surface area (Å²) < 4.78 is 5.17. The Kier molecular flexibility index (Phi) is 6.22. The van der Waals surface area contributed by atoms with Crippen LogP contribution in [0.25, 0.3) is 0 Å². The fourth-order valence-corrected chi connectivity index (χ4v) is 4.68. The monoisotopic (exact) mass is 414 g/mol. The SMILES string of the molecule is COc1ccc(C[C@@H]2NC(=O)[C@@H]3C[C@@H](NC(=O)C4CCNCC4)CCN3C2=O)cc1. The first kappa shape index (κ1) is 20.7. The molecule has 0 radical (unpaired) electrons. The van der Waals surface area contributed by atoms with Crippen LogP contribution in [0.4, 0.5) is 0 Å². The van der Waals surface area contributed by atoms with E-state index in [4.69, 9.17) is 4.74 Å². The lowest BCUT2D eigenvalue weighted by Gasteiger charge is -2.44. The molecule has 0 aromatic heterocycles. The quantitative estimate of drug-likeness (QED) is 0.640. The largest absolute Gasteiger partial charge is 0.497 e. The summed E-state index contributed by atoms with van der Waals surface area (Å²) in [4.78, 5) is 40.0. The lowest BCUT2D eigenvalue weighted by Crippen LogP contribution is -2.67. The lowest BCUT2D eigenvalue weighted by atomic mass is 9.90. The maximum atomic E-state index is 13.0. The van der Waals surface area contributed by atoms with Crippen molar-refractivity contribution in [2.24, 2.45) is 5.92 Å². The Balaban J connectivity index is 1.35. The van der Waals surface area contributed by atoms with Crippen molar-refractivity contribution in [2.45, 2.75) is 50.2 Å². The third-order valence-electron chi connectivity index (χ3n) is 6.46. The van der Waals surface area contributed by atoms with Crippen LogP contribution in [0.2, 0.25) is 0 Å². The molecule has 3 aliphatic rings. The fourth-order valence-electron chi connectivity index (χ4n) is 4.68. The Morgan fingerprint density at radius 2 is 1.90 bits per heavy atom. The zero-order valence-corrected chi connectivity index (χ0v) is 17.4. The number of fused-ring (bicyclic) bond motifs is 1. The number of benzene rings is 1. The third-order valence-corrected chi connectivity index (χ3v) is 6.46. The van der Waals surface area contributed by atoms with Gasteiger partial charge in [-0.2, -0.15) is 0 Å². The first-order valence-corrected chi connectivity index (χ1v) is 10.8. The molecule has 0 bridgehead atoms. The molecule has 4 rings (SSSR count). The fraction of sp³-hybridized carbons (Fsp3) is 0.591. The normalized spacial score (nSPS) is 27.2. The third kappa shape index (κ3) is 4.43. The molecule has 8 nitrogen and oxygen atoms in total. The van der Waals surface area contributed by atoms with Crippen molar-refractivity contribution in [3.63, 3.8) is 0 Å². The van der Waals surface area contributed by atoms with E-state index in [1.54, 1.807) is 12.0 Å². The molecule has 30 heavy (non-hydrogen) atoms. The molecule has 3 fully saturated rings. The maximum Gasteiger partial charge on any atom is 0.246 e. The van der Waals surface area contributed by atoms with Crippen molar-refractivity contribution < 1.29 is 19.1 Å². The van der Waals surface area contributed by atoms with E-state index < -0.39 is 12.1 Å². The molecule has 3 atom stereocenters. The summed E-state index contributed by atoms with van der Waals surface area (Å²) in [6, 6.07) is 6.40. The number of hydrogen-bond donors (Lipinski definition) is 3. The Labute approximate surface area is 176 Å². The van der Waals surface area contributed by atoms with Gasteiger partial charge in [-0.15, -0.1) is 0 Å². The standard InChI is InChI=1S/C22H30N4O4/c1-30-17-4-2-14(3-5-17)12-18-22(29)26-11-8-16(13-19(26)21(28)25-18)24-20(27)15-6-9-23-10-7-15/h2-5,15-16,18-19,23H,6-13H2,1H3,(H,24,27)(H,25,28)/t16-,18-,19-/m0/s1. The number of nitrogens with one attached hydrogen (secondary N) is 3. The summed E-state index contributed by atoms with van der Waals surface area (Å²) in [7, 11) is 1.61. The smallest absolute Gasteiger partial charge is 0.246 e. The second kappa shape index (κ2) is 9.04. The van der Waals surface area contributed by atoms with E-state index in [0.29, 0.717) is 25.8 Å². The van der Waals surface area contributed by atoms with Gasteiger partial charge in [-0.3, -0.25) is 14.4 Å². The van der Waals surface area contributed by atoms with E-state index in [-0.39, 0.29) is 29.7 Å². The number of amides is 3. The predicted octanol–water partition coefficient (Wildman–Crippen LogP) is 0.212. The van der Waals surface area contributed by atoms with Gasteiger partial charge in [0.05, 0.1) is 7.11 Å². The average molecular weight is 415 g/mol. The van der Waals surface area contributed by atoms with Crippen molar-refractivity contribution in [1.82, 2.24) is 20.9 Å². The number of ether oxygens (including phenoxy) is 1. The number of nitrogens with zero attached hydrogens (tertiary/aromatic N) is 1. The molecule has 3 N–H and O–H groups in total. The molecule has 1 aromatic carbocycles. The van der Waals surface area contributed by atoms with Crippen LogP contribution in [0.5, 0.6) is 5.75 Å². The summed E-state index contributed by atoms with van der Waals surface area (Å²) in [6.45, 7) is 2.23. The highest BCUT2D eigenvalue weighted by Crippen LogP contribution is 2.24. The van der Waals surface area contributed by atoms with Gasteiger partial charge < -0.3 is 25.6 Å². The van der Waals surface area contributed by atoms with Crippen LogP contribution in [0.3, 0.4) is 0 Å². The first-order chi connectivity index (χ1) is 14.5. The second-order valence-electron chi connectivity index (χ2n) is 8.41. The van der Waals surface area contributed by atoms with Crippen LogP contribution in [-0.4, -0.2) is 67.5 Å². The highest BCUT2D eigenvalue weighted by Gasteiger charge is 2.44. The molecule has 3 heterocycles. The van der Waals surface area contributed by atoms with Gasteiger partial charge in [-0.1, -0.05) is 12.1 Å². The van der Waals surface area contributed by atoms with E-state index in [0.717, 1.165) is 37.2 Å². The summed E-state index contributed by atoms with van der Waals surface area (Å²) in [5.74, 6) is 0.703. The van der Waals surface area contributed by atoms with Crippen LogP contribution in [0, 0.1) is 5.92 Å². The van der Waals surface area contributed by atoms with Gasteiger partial charge in [0.15, 0.2) is 0 Å². The minimum absolute atomic E-state index is 0.0416. The van der Waals surface area contributed by atoms with E-state index in [1.807, 2.05) is 24.3 Å². The van der Waals surface area contributed by atoms with Crippen molar-refractivity contribution in [2.75, 3.05) is 26.7 Å². The Morgan fingerprint density at radius 1 is 1.17 bits per heavy atom. The first-order valence-electron chi connectivity index (χ1n) is 10.8.